The lowest BCUT2D eigenvalue weighted by Gasteiger charge is -1.75. The molecule has 0 spiro atoms. The number of nitroso groups, excluding NO2 is 1. The first-order valence-corrected chi connectivity index (χ1v) is 2.06. The molecule has 6 heteroatoms. The number of nitrogens with zero attached hydrogens (tertiary/aromatic N) is 1. The van der Waals surface area contributed by atoms with Crippen LogP contribution < -0.4 is 11.4 Å². The van der Waals surface area contributed by atoms with Gasteiger partial charge in [-0.3, -0.25) is 0 Å². The SMILES string of the molecule is Nc1[nH]oc(=O)c1N=O. The van der Waals surface area contributed by atoms with Gasteiger partial charge < -0.3 is 10.3 Å². The molecule has 0 atom stereocenters. The largest absolute Gasteiger partial charge is 0.388 e. The van der Waals surface area contributed by atoms with E-state index in [1.165, 1.54) is 0 Å². The van der Waals surface area contributed by atoms with E-state index in [2.05, 4.69) is 9.70 Å². The van der Waals surface area contributed by atoms with Gasteiger partial charge >= 0.3 is 5.63 Å². The van der Waals surface area contributed by atoms with Gasteiger partial charge in [0.25, 0.3) is 0 Å². The number of aromatic amines is 1. The van der Waals surface area contributed by atoms with Crippen molar-refractivity contribution in [1.29, 1.82) is 0 Å². The van der Waals surface area contributed by atoms with Gasteiger partial charge in [0.05, 0.1) is 0 Å². The fourth-order valence-electron chi connectivity index (χ4n) is 0.394. The Balaban J connectivity index is 3.40. The third-order valence-electron chi connectivity index (χ3n) is 0.793. The summed E-state index contributed by atoms with van der Waals surface area (Å²) in [6, 6.07) is 0. The molecule has 0 radical (unpaired) electrons. The molecule has 1 aromatic rings. The summed E-state index contributed by atoms with van der Waals surface area (Å²) < 4.78 is 4.09. The van der Waals surface area contributed by atoms with Crippen molar-refractivity contribution in [3.63, 3.8) is 0 Å². The quantitative estimate of drug-likeness (QED) is 0.519. The summed E-state index contributed by atoms with van der Waals surface area (Å²) in [5.41, 5.74) is 3.76. The molecule has 48 valence electrons. The van der Waals surface area contributed by atoms with Crippen LogP contribution in [0.4, 0.5) is 11.5 Å². The molecule has 1 heterocycles. The van der Waals surface area contributed by atoms with Crippen LogP contribution in [0, 0.1) is 4.91 Å². The van der Waals surface area contributed by atoms with Crippen LogP contribution >= 0.6 is 0 Å². The summed E-state index contributed by atoms with van der Waals surface area (Å²) in [4.78, 5) is 20.0. The first kappa shape index (κ1) is 5.54. The van der Waals surface area contributed by atoms with Gasteiger partial charge in [-0.2, -0.15) is 5.16 Å². The highest BCUT2D eigenvalue weighted by atomic mass is 16.5. The molecule has 1 aromatic heterocycles. The monoisotopic (exact) mass is 129 g/mol. The van der Waals surface area contributed by atoms with Crippen molar-refractivity contribution >= 4 is 11.5 Å². The van der Waals surface area contributed by atoms with Crippen molar-refractivity contribution < 1.29 is 4.52 Å². The molecule has 3 N–H and O–H groups in total. The molecule has 0 aliphatic rings. The highest BCUT2D eigenvalue weighted by molar-refractivity contribution is 5.53. The Labute approximate surface area is 48.6 Å². The zero-order valence-electron chi connectivity index (χ0n) is 4.25. The van der Waals surface area contributed by atoms with Gasteiger partial charge in [-0.05, 0) is 5.18 Å². The topological polar surface area (TPSA) is 101 Å². The van der Waals surface area contributed by atoms with E-state index in [4.69, 9.17) is 5.73 Å². The highest BCUT2D eigenvalue weighted by Gasteiger charge is 2.07. The van der Waals surface area contributed by atoms with Gasteiger partial charge in [-0.1, -0.05) is 0 Å². The first-order chi connectivity index (χ1) is 4.25. The average molecular weight is 129 g/mol. The van der Waals surface area contributed by atoms with E-state index in [1.807, 2.05) is 5.16 Å². The summed E-state index contributed by atoms with van der Waals surface area (Å²) in [5.74, 6) is -0.144. The van der Waals surface area contributed by atoms with E-state index in [9.17, 15) is 9.70 Å². The molecular formula is C3H3N3O3. The van der Waals surface area contributed by atoms with E-state index >= 15 is 0 Å². The maximum Gasteiger partial charge on any atom is 0.388 e. The van der Waals surface area contributed by atoms with Gasteiger partial charge in [0.1, 0.15) is 0 Å². The smallest absolute Gasteiger partial charge is 0.381 e. The molecule has 0 aliphatic carbocycles. The summed E-state index contributed by atoms with van der Waals surface area (Å²) in [7, 11) is 0. The molecule has 1 rings (SSSR count). The zero-order chi connectivity index (χ0) is 6.85. The standard InChI is InChI=1S/C3H3N3O3/c4-2-1(5-8)3(7)9-6-2/h6H,4H2. The van der Waals surface area contributed by atoms with Gasteiger partial charge in [0.15, 0.2) is 5.82 Å². The van der Waals surface area contributed by atoms with Crippen LogP contribution in [0.2, 0.25) is 0 Å². The van der Waals surface area contributed by atoms with Gasteiger partial charge in [0.2, 0.25) is 5.69 Å². The lowest BCUT2D eigenvalue weighted by Crippen LogP contribution is -1.90. The second-order valence-corrected chi connectivity index (χ2v) is 1.35. The molecule has 0 unspecified atom stereocenters. The van der Waals surface area contributed by atoms with Crippen molar-refractivity contribution in [3.05, 3.63) is 15.3 Å². The Morgan fingerprint density at radius 3 is 2.56 bits per heavy atom. The second kappa shape index (κ2) is 1.73. The van der Waals surface area contributed by atoms with Crippen molar-refractivity contribution in [2.45, 2.75) is 0 Å². The van der Waals surface area contributed by atoms with E-state index in [0.29, 0.717) is 0 Å². The van der Waals surface area contributed by atoms with E-state index in [0.717, 1.165) is 0 Å². The highest BCUT2D eigenvalue weighted by Crippen LogP contribution is 2.11. The lowest BCUT2D eigenvalue weighted by atomic mass is 10.5. The Bertz CT molecular complexity index is 272. The van der Waals surface area contributed by atoms with Crippen molar-refractivity contribution in [3.8, 4) is 0 Å². The third kappa shape index (κ3) is 0.693. The number of H-pyrrole nitrogens is 1. The maximum absolute atomic E-state index is 10.3. The lowest BCUT2D eigenvalue weighted by molar-refractivity contribution is 0.395. The molecule has 0 aromatic carbocycles. The number of hydrogen-bond donors (Lipinski definition) is 2. The summed E-state index contributed by atoms with van der Waals surface area (Å²) in [6.07, 6.45) is 0. The fraction of sp³-hybridized carbons (Fsp3) is 0. The van der Waals surface area contributed by atoms with Gasteiger partial charge in [0, 0.05) is 0 Å². The summed E-state index contributed by atoms with van der Waals surface area (Å²) in [6.45, 7) is 0. The Hall–Kier alpha value is -1.59. The van der Waals surface area contributed by atoms with Crippen LogP contribution in [0.3, 0.4) is 0 Å². The van der Waals surface area contributed by atoms with E-state index in [-0.39, 0.29) is 5.82 Å². The molecule has 0 fully saturated rings. The number of anilines is 1. The van der Waals surface area contributed by atoms with Crippen molar-refractivity contribution in [1.82, 2.24) is 5.16 Å². The number of rotatable bonds is 1. The van der Waals surface area contributed by atoms with Crippen LogP contribution in [0.15, 0.2) is 14.5 Å². The third-order valence-corrected chi connectivity index (χ3v) is 0.793. The molecule has 0 saturated heterocycles. The van der Waals surface area contributed by atoms with Crippen LogP contribution in [-0.2, 0) is 0 Å². The van der Waals surface area contributed by atoms with Crippen LogP contribution in [0.1, 0.15) is 0 Å². The van der Waals surface area contributed by atoms with E-state index in [1.54, 1.807) is 0 Å². The predicted molar refractivity (Wildman–Crippen MR) is 29.2 cm³/mol. The normalized spacial score (nSPS) is 9.33. The minimum absolute atomic E-state index is 0.144. The molecule has 0 aliphatic heterocycles. The summed E-state index contributed by atoms with van der Waals surface area (Å²) in [5, 5.41) is 4.30. The number of nitrogen functional groups attached to an aromatic ring is 1. The minimum atomic E-state index is -0.845. The second-order valence-electron chi connectivity index (χ2n) is 1.35. The Kier molecular flexibility index (Phi) is 1.07. The summed E-state index contributed by atoms with van der Waals surface area (Å²) >= 11 is 0. The maximum atomic E-state index is 10.3. The van der Waals surface area contributed by atoms with Crippen LogP contribution in [-0.4, -0.2) is 5.16 Å². The first-order valence-electron chi connectivity index (χ1n) is 2.06. The van der Waals surface area contributed by atoms with Crippen molar-refractivity contribution in [2.24, 2.45) is 5.18 Å². The number of aromatic nitrogens is 1. The van der Waals surface area contributed by atoms with Crippen molar-refractivity contribution in [2.75, 3.05) is 5.73 Å². The number of hydrogen-bond acceptors (Lipinski definition) is 5. The van der Waals surface area contributed by atoms with E-state index < -0.39 is 11.3 Å². The average Bonchev–Trinajstić information content (AvgIpc) is 2.12. The molecule has 9 heavy (non-hydrogen) atoms. The molecular weight excluding hydrogens is 126 g/mol. The number of nitrogens with two attached hydrogens (primary N) is 1. The van der Waals surface area contributed by atoms with Crippen LogP contribution in [0.25, 0.3) is 0 Å². The van der Waals surface area contributed by atoms with Gasteiger partial charge in [-0.15, -0.1) is 4.91 Å². The Morgan fingerprint density at radius 2 is 2.33 bits per heavy atom. The number of nitrogens with one attached hydrogen (secondary N) is 1. The zero-order valence-corrected chi connectivity index (χ0v) is 4.25. The minimum Gasteiger partial charge on any atom is -0.381 e. The molecule has 0 amide bonds. The molecule has 6 nitrogen and oxygen atoms in total. The molecule has 0 saturated carbocycles. The van der Waals surface area contributed by atoms with Gasteiger partial charge in [-0.25, -0.2) is 4.79 Å². The Morgan fingerprint density at radius 1 is 1.67 bits per heavy atom. The molecule has 0 bridgehead atoms. The fourth-order valence-corrected chi connectivity index (χ4v) is 0.394. The predicted octanol–water partition coefficient (Wildman–Crippen LogP) is -0.0520. The van der Waals surface area contributed by atoms with Crippen LogP contribution in [0.5, 0.6) is 0 Å².